The Morgan fingerprint density at radius 3 is 2.70 bits per heavy atom. The molecule has 1 fully saturated rings. The highest BCUT2D eigenvalue weighted by Gasteiger charge is 2.16. The summed E-state index contributed by atoms with van der Waals surface area (Å²) in [4.78, 5) is 13.8. The van der Waals surface area contributed by atoms with Crippen LogP contribution in [0.25, 0.3) is 0 Å². The third-order valence-corrected chi connectivity index (χ3v) is 4.04. The van der Waals surface area contributed by atoms with E-state index >= 15 is 0 Å². The van der Waals surface area contributed by atoms with Crippen LogP contribution in [0.15, 0.2) is 24.3 Å². The van der Waals surface area contributed by atoms with Gasteiger partial charge in [0.1, 0.15) is 12.4 Å². The van der Waals surface area contributed by atoms with E-state index in [1.807, 2.05) is 24.3 Å². The Morgan fingerprint density at radius 1 is 1.30 bits per heavy atom. The topological polar surface area (TPSA) is 29.5 Å². The fraction of sp³-hybridized carbons (Fsp3) is 0.588. The molecule has 1 aliphatic rings. The molecule has 0 aliphatic heterocycles. The van der Waals surface area contributed by atoms with Crippen LogP contribution in [0.2, 0.25) is 0 Å². The lowest BCUT2D eigenvalue weighted by Gasteiger charge is -2.21. The van der Waals surface area contributed by atoms with Crippen LogP contribution in [0.3, 0.4) is 0 Å². The van der Waals surface area contributed by atoms with Crippen molar-refractivity contribution in [1.29, 1.82) is 0 Å². The number of nitrogens with zero attached hydrogens (tertiary/aromatic N) is 1. The van der Waals surface area contributed by atoms with Crippen molar-refractivity contribution in [2.45, 2.75) is 32.6 Å². The Hall–Kier alpha value is -1.35. The number of likely N-dealkylation sites (N-methyl/N-ethyl adjacent to an activating group) is 1. The molecule has 0 spiro atoms. The van der Waals surface area contributed by atoms with E-state index in [1.54, 1.807) is 6.92 Å². The minimum atomic E-state index is 0.0555. The van der Waals surface area contributed by atoms with Crippen LogP contribution in [0.4, 0.5) is 0 Å². The quantitative estimate of drug-likeness (QED) is 0.714. The number of carbonyl (C=O) groups excluding carboxylic acids is 1. The van der Waals surface area contributed by atoms with Crippen molar-refractivity contribution in [3.8, 4) is 5.75 Å². The van der Waals surface area contributed by atoms with E-state index in [0.717, 1.165) is 19.0 Å². The van der Waals surface area contributed by atoms with Crippen molar-refractivity contribution in [3.05, 3.63) is 29.8 Å². The van der Waals surface area contributed by atoms with E-state index in [-0.39, 0.29) is 5.78 Å². The highest BCUT2D eigenvalue weighted by molar-refractivity contribution is 5.96. The minimum Gasteiger partial charge on any atom is -0.491 e. The number of benzene rings is 1. The molecule has 1 aromatic rings. The van der Waals surface area contributed by atoms with Gasteiger partial charge in [-0.3, -0.25) is 4.79 Å². The average molecular weight is 275 g/mol. The molecule has 110 valence electrons. The number of ketones is 1. The first-order valence-corrected chi connectivity index (χ1v) is 7.58. The number of para-hydroxylation sites is 1. The summed E-state index contributed by atoms with van der Waals surface area (Å²) in [5.41, 5.74) is 0.672. The van der Waals surface area contributed by atoms with Crippen LogP contribution in [0.5, 0.6) is 5.75 Å². The molecule has 0 bridgehead atoms. The van der Waals surface area contributed by atoms with Gasteiger partial charge in [0.15, 0.2) is 5.78 Å². The van der Waals surface area contributed by atoms with E-state index in [1.165, 1.54) is 25.7 Å². The van der Waals surface area contributed by atoms with Gasteiger partial charge in [0.2, 0.25) is 0 Å². The van der Waals surface area contributed by atoms with E-state index < -0.39 is 0 Å². The van der Waals surface area contributed by atoms with Gasteiger partial charge in [0.05, 0.1) is 5.56 Å². The number of hydrogen-bond donors (Lipinski definition) is 0. The smallest absolute Gasteiger partial charge is 0.163 e. The second-order valence-corrected chi connectivity index (χ2v) is 5.81. The second-order valence-electron chi connectivity index (χ2n) is 5.81. The van der Waals surface area contributed by atoms with E-state index in [0.29, 0.717) is 17.9 Å². The van der Waals surface area contributed by atoms with Crippen LogP contribution in [-0.2, 0) is 0 Å². The Bertz CT molecular complexity index is 438. The number of ether oxygens (including phenoxy) is 1. The predicted molar refractivity (Wildman–Crippen MR) is 81.4 cm³/mol. The standard InChI is InChI=1S/C17H25NO2/c1-14(19)16-9-5-6-10-17(16)20-12-11-18(2)13-15-7-3-4-8-15/h5-6,9-10,15H,3-4,7-8,11-13H2,1-2H3. The van der Waals surface area contributed by atoms with Gasteiger partial charge in [-0.1, -0.05) is 25.0 Å². The van der Waals surface area contributed by atoms with Crippen LogP contribution < -0.4 is 4.74 Å². The van der Waals surface area contributed by atoms with E-state index in [2.05, 4.69) is 11.9 Å². The molecule has 1 aromatic carbocycles. The Balaban J connectivity index is 1.76. The Kier molecular flexibility index (Phi) is 5.60. The van der Waals surface area contributed by atoms with Gasteiger partial charge in [-0.2, -0.15) is 0 Å². The maximum Gasteiger partial charge on any atom is 0.163 e. The van der Waals surface area contributed by atoms with Crippen LogP contribution >= 0.6 is 0 Å². The summed E-state index contributed by atoms with van der Waals surface area (Å²) in [6.07, 6.45) is 5.53. The molecule has 0 N–H and O–H groups in total. The van der Waals surface area contributed by atoms with Crippen LogP contribution in [0.1, 0.15) is 43.0 Å². The molecule has 3 heteroatoms. The third-order valence-electron chi connectivity index (χ3n) is 4.04. The highest BCUT2D eigenvalue weighted by Crippen LogP contribution is 2.25. The maximum absolute atomic E-state index is 11.5. The molecule has 1 saturated carbocycles. The number of hydrogen-bond acceptors (Lipinski definition) is 3. The summed E-state index contributed by atoms with van der Waals surface area (Å²) >= 11 is 0. The lowest BCUT2D eigenvalue weighted by molar-refractivity contribution is 0.101. The molecule has 2 rings (SSSR count). The molecule has 0 amide bonds. The maximum atomic E-state index is 11.5. The second kappa shape index (κ2) is 7.44. The van der Waals surface area contributed by atoms with Crippen LogP contribution in [-0.4, -0.2) is 37.4 Å². The van der Waals surface area contributed by atoms with Crippen molar-refractivity contribution < 1.29 is 9.53 Å². The molecule has 0 saturated heterocycles. The zero-order valence-electron chi connectivity index (χ0n) is 12.6. The molecule has 0 heterocycles. The third kappa shape index (κ3) is 4.34. The summed E-state index contributed by atoms with van der Waals surface area (Å²) < 4.78 is 5.77. The van der Waals surface area contributed by atoms with Crippen molar-refractivity contribution in [3.63, 3.8) is 0 Å². The fourth-order valence-corrected chi connectivity index (χ4v) is 2.92. The SMILES string of the molecule is CC(=O)c1ccccc1OCCN(C)CC1CCCC1. The lowest BCUT2D eigenvalue weighted by Crippen LogP contribution is -2.29. The highest BCUT2D eigenvalue weighted by atomic mass is 16.5. The number of carbonyl (C=O) groups is 1. The molecular formula is C17H25NO2. The van der Waals surface area contributed by atoms with Crippen LogP contribution in [0, 0.1) is 5.92 Å². The van der Waals surface area contributed by atoms with Gasteiger partial charge in [0, 0.05) is 13.1 Å². The van der Waals surface area contributed by atoms with Gasteiger partial charge >= 0.3 is 0 Å². The van der Waals surface area contributed by atoms with Crippen molar-refractivity contribution >= 4 is 5.78 Å². The summed E-state index contributed by atoms with van der Waals surface area (Å²) in [5, 5.41) is 0. The molecule has 20 heavy (non-hydrogen) atoms. The molecular weight excluding hydrogens is 250 g/mol. The van der Waals surface area contributed by atoms with Crippen molar-refractivity contribution in [2.24, 2.45) is 5.92 Å². The first-order valence-electron chi connectivity index (χ1n) is 7.58. The largest absolute Gasteiger partial charge is 0.491 e. The molecule has 3 nitrogen and oxygen atoms in total. The average Bonchev–Trinajstić information content (AvgIpc) is 2.92. The molecule has 0 atom stereocenters. The van der Waals surface area contributed by atoms with Gasteiger partial charge in [-0.25, -0.2) is 0 Å². The summed E-state index contributed by atoms with van der Waals surface area (Å²) in [6, 6.07) is 7.47. The van der Waals surface area contributed by atoms with E-state index in [9.17, 15) is 4.79 Å². The summed E-state index contributed by atoms with van der Waals surface area (Å²) in [7, 11) is 2.15. The summed E-state index contributed by atoms with van der Waals surface area (Å²) in [6.45, 7) is 4.28. The molecule has 0 aromatic heterocycles. The van der Waals surface area contributed by atoms with Crippen molar-refractivity contribution in [1.82, 2.24) is 4.90 Å². The molecule has 0 radical (unpaired) electrons. The first-order chi connectivity index (χ1) is 9.66. The monoisotopic (exact) mass is 275 g/mol. The van der Waals surface area contributed by atoms with Gasteiger partial charge in [-0.05, 0) is 44.9 Å². The Labute approximate surface area is 121 Å². The summed E-state index contributed by atoms with van der Waals surface area (Å²) in [5.74, 6) is 1.62. The predicted octanol–water partition coefficient (Wildman–Crippen LogP) is 3.39. The zero-order valence-corrected chi connectivity index (χ0v) is 12.6. The minimum absolute atomic E-state index is 0.0555. The van der Waals surface area contributed by atoms with Gasteiger partial charge < -0.3 is 9.64 Å². The zero-order chi connectivity index (χ0) is 14.4. The fourth-order valence-electron chi connectivity index (χ4n) is 2.92. The van der Waals surface area contributed by atoms with Crippen molar-refractivity contribution in [2.75, 3.05) is 26.7 Å². The van der Waals surface area contributed by atoms with Gasteiger partial charge in [0.25, 0.3) is 0 Å². The number of Topliss-reactive ketones (excluding diaryl/α,β-unsaturated/α-hetero) is 1. The normalized spacial score (nSPS) is 15.8. The van der Waals surface area contributed by atoms with E-state index in [4.69, 9.17) is 4.74 Å². The van der Waals surface area contributed by atoms with Gasteiger partial charge in [-0.15, -0.1) is 0 Å². The first kappa shape index (κ1) is 15.0. The number of rotatable bonds is 7. The Morgan fingerprint density at radius 2 is 2.00 bits per heavy atom. The lowest BCUT2D eigenvalue weighted by atomic mass is 10.1. The molecule has 0 unspecified atom stereocenters. The molecule has 1 aliphatic carbocycles.